The Labute approximate surface area is 178 Å². The van der Waals surface area contributed by atoms with Crippen molar-refractivity contribution in [3.05, 3.63) is 59.1 Å². The van der Waals surface area contributed by atoms with Crippen LogP contribution in [0, 0.1) is 0 Å². The van der Waals surface area contributed by atoms with Crippen LogP contribution in [0.5, 0.6) is 0 Å². The van der Waals surface area contributed by atoms with Crippen molar-refractivity contribution in [2.24, 2.45) is 0 Å². The highest BCUT2D eigenvalue weighted by molar-refractivity contribution is 7.92. The summed E-state index contributed by atoms with van der Waals surface area (Å²) in [5, 5.41) is 3.16. The van der Waals surface area contributed by atoms with E-state index in [1.165, 1.54) is 12.1 Å². The van der Waals surface area contributed by atoms with Gasteiger partial charge in [0.2, 0.25) is 0 Å². The molecule has 0 aliphatic carbocycles. The van der Waals surface area contributed by atoms with Gasteiger partial charge in [0.25, 0.3) is 15.9 Å². The summed E-state index contributed by atoms with van der Waals surface area (Å²) in [5.74, 6) is -0.313. The maximum atomic E-state index is 12.7. The molecule has 158 valence electrons. The molecule has 8 heteroatoms. The lowest BCUT2D eigenvalue weighted by atomic mass is 10.2. The Hall–Kier alpha value is -2.09. The molecule has 1 amide bonds. The number of hydrogen-bond acceptors (Lipinski definition) is 4. The number of amides is 1. The zero-order valence-electron chi connectivity index (χ0n) is 17.1. The first-order valence-corrected chi connectivity index (χ1v) is 11.4. The number of halogens is 1. The molecule has 2 rings (SSSR count). The summed E-state index contributed by atoms with van der Waals surface area (Å²) in [7, 11) is -3.87. The Bertz CT molecular complexity index is 938. The summed E-state index contributed by atoms with van der Waals surface area (Å²) in [4.78, 5) is 14.8. The van der Waals surface area contributed by atoms with Crippen molar-refractivity contribution in [1.82, 2.24) is 10.2 Å². The average Bonchev–Trinajstić information content (AvgIpc) is 2.66. The molecule has 0 unspecified atom stereocenters. The van der Waals surface area contributed by atoms with Crippen molar-refractivity contribution in [2.45, 2.75) is 44.7 Å². The minimum Gasteiger partial charge on any atom is -0.351 e. The number of nitrogens with zero attached hydrogens (tertiary/aromatic N) is 1. The fraction of sp³-hybridized carbons (Fsp3) is 0.381. The van der Waals surface area contributed by atoms with E-state index in [4.69, 9.17) is 11.6 Å². The predicted octanol–water partition coefficient (Wildman–Crippen LogP) is 3.99. The van der Waals surface area contributed by atoms with Gasteiger partial charge < -0.3 is 5.32 Å². The highest BCUT2D eigenvalue weighted by Crippen LogP contribution is 2.24. The van der Waals surface area contributed by atoms with Gasteiger partial charge in [-0.15, -0.1) is 0 Å². The van der Waals surface area contributed by atoms with Gasteiger partial charge >= 0.3 is 0 Å². The molecule has 0 aromatic heterocycles. The Balaban J connectivity index is 2.08. The predicted molar refractivity (Wildman–Crippen MR) is 118 cm³/mol. The van der Waals surface area contributed by atoms with E-state index in [1.54, 1.807) is 36.4 Å². The number of rotatable bonds is 9. The summed E-state index contributed by atoms with van der Waals surface area (Å²) in [5.41, 5.74) is 0.569. The second-order valence-electron chi connectivity index (χ2n) is 7.29. The molecule has 29 heavy (non-hydrogen) atoms. The molecular weight excluding hydrogens is 410 g/mol. The van der Waals surface area contributed by atoms with Gasteiger partial charge in [0, 0.05) is 30.7 Å². The maximum Gasteiger partial charge on any atom is 0.261 e. The molecule has 0 fully saturated rings. The third kappa shape index (κ3) is 6.45. The molecule has 0 saturated carbocycles. The molecule has 0 bridgehead atoms. The molecule has 2 N–H and O–H groups in total. The highest BCUT2D eigenvalue weighted by atomic mass is 35.5. The van der Waals surface area contributed by atoms with Crippen LogP contribution in [0.4, 0.5) is 5.69 Å². The lowest BCUT2D eigenvalue weighted by Crippen LogP contribution is -2.42. The summed E-state index contributed by atoms with van der Waals surface area (Å²) in [6.45, 7) is 9.64. The third-order valence-corrected chi connectivity index (χ3v) is 6.20. The molecule has 0 saturated heterocycles. The van der Waals surface area contributed by atoms with E-state index < -0.39 is 10.0 Å². The zero-order valence-corrected chi connectivity index (χ0v) is 18.7. The maximum absolute atomic E-state index is 12.7. The van der Waals surface area contributed by atoms with Crippen molar-refractivity contribution >= 4 is 33.2 Å². The van der Waals surface area contributed by atoms with Gasteiger partial charge in [0.1, 0.15) is 0 Å². The second-order valence-corrected chi connectivity index (χ2v) is 9.38. The van der Waals surface area contributed by atoms with Crippen LogP contribution in [0.25, 0.3) is 0 Å². The minimum atomic E-state index is -3.87. The summed E-state index contributed by atoms with van der Waals surface area (Å²) >= 11 is 6.03. The lowest BCUT2D eigenvalue weighted by molar-refractivity contribution is 0.0939. The van der Waals surface area contributed by atoms with Crippen molar-refractivity contribution in [2.75, 3.05) is 17.8 Å². The van der Waals surface area contributed by atoms with Crippen LogP contribution in [0.3, 0.4) is 0 Å². The fourth-order valence-corrected chi connectivity index (χ4v) is 4.43. The monoisotopic (exact) mass is 437 g/mol. The van der Waals surface area contributed by atoms with E-state index >= 15 is 0 Å². The Kier molecular flexibility index (Phi) is 8.07. The van der Waals surface area contributed by atoms with Crippen LogP contribution in [0.15, 0.2) is 53.4 Å². The van der Waals surface area contributed by atoms with Gasteiger partial charge in [0.05, 0.1) is 15.6 Å². The molecule has 0 spiro atoms. The molecule has 6 nitrogen and oxygen atoms in total. The summed E-state index contributed by atoms with van der Waals surface area (Å²) < 4.78 is 27.8. The van der Waals surface area contributed by atoms with Gasteiger partial charge in [0.15, 0.2) is 0 Å². The molecule has 2 aromatic rings. The summed E-state index contributed by atoms with van der Waals surface area (Å²) in [6, 6.07) is 13.2. The van der Waals surface area contributed by atoms with Crippen LogP contribution in [0.2, 0.25) is 5.02 Å². The first kappa shape index (κ1) is 23.2. The molecule has 0 aliphatic rings. The highest BCUT2D eigenvalue weighted by Gasteiger charge is 2.18. The lowest BCUT2D eigenvalue weighted by Gasteiger charge is -2.30. The van der Waals surface area contributed by atoms with Gasteiger partial charge in [-0.05, 0) is 58.0 Å². The first-order valence-electron chi connectivity index (χ1n) is 9.53. The quantitative estimate of drug-likeness (QED) is 0.621. The molecular formula is C21H28ClN3O3S. The van der Waals surface area contributed by atoms with Crippen molar-refractivity contribution < 1.29 is 13.2 Å². The number of anilines is 1. The van der Waals surface area contributed by atoms with E-state index in [0.717, 1.165) is 0 Å². The largest absolute Gasteiger partial charge is 0.351 e. The average molecular weight is 438 g/mol. The van der Waals surface area contributed by atoms with Crippen LogP contribution in [0.1, 0.15) is 38.1 Å². The molecule has 0 radical (unpaired) electrons. The molecule has 0 aliphatic heterocycles. The topological polar surface area (TPSA) is 78.5 Å². The van der Waals surface area contributed by atoms with E-state index in [2.05, 4.69) is 42.6 Å². The van der Waals surface area contributed by atoms with Crippen LogP contribution < -0.4 is 10.0 Å². The standard InChI is InChI=1S/C21H28ClN3O3S/c1-15(2)25(16(3)4)13-12-23-21(26)17-8-7-9-18(14-17)29(27,28)24-20-11-6-5-10-19(20)22/h5-11,14-16,24H,12-13H2,1-4H3,(H,23,26). The minimum absolute atomic E-state index is 0.00365. The number of para-hydroxylation sites is 1. The second kappa shape index (κ2) is 10.1. The number of nitrogens with one attached hydrogen (secondary N) is 2. The summed E-state index contributed by atoms with van der Waals surface area (Å²) in [6.07, 6.45) is 0. The number of hydrogen-bond donors (Lipinski definition) is 2. The van der Waals surface area contributed by atoms with E-state index in [9.17, 15) is 13.2 Å². The van der Waals surface area contributed by atoms with Gasteiger partial charge in [-0.3, -0.25) is 14.4 Å². The van der Waals surface area contributed by atoms with E-state index in [0.29, 0.717) is 30.2 Å². The van der Waals surface area contributed by atoms with Crippen molar-refractivity contribution in [3.8, 4) is 0 Å². The Morgan fingerprint density at radius 3 is 2.31 bits per heavy atom. The van der Waals surface area contributed by atoms with Crippen LogP contribution >= 0.6 is 11.6 Å². The number of carbonyl (C=O) groups excluding carboxylic acids is 1. The van der Waals surface area contributed by atoms with E-state index in [1.807, 2.05) is 0 Å². The van der Waals surface area contributed by atoms with Crippen molar-refractivity contribution in [1.29, 1.82) is 0 Å². The van der Waals surface area contributed by atoms with Crippen LogP contribution in [-0.4, -0.2) is 44.4 Å². The SMILES string of the molecule is CC(C)N(CCNC(=O)c1cccc(S(=O)(=O)Nc2ccccc2Cl)c1)C(C)C. The third-order valence-electron chi connectivity index (χ3n) is 4.51. The number of benzene rings is 2. The first-order chi connectivity index (χ1) is 13.6. The van der Waals surface area contributed by atoms with Crippen LogP contribution in [-0.2, 0) is 10.0 Å². The van der Waals surface area contributed by atoms with E-state index in [-0.39, 0.29) is 22.1 Å². The van der Waals surface area contributed by atoms with Gasteiger partial charge in [-0.1, -0.05) is 29.8 Å². The number of sulfonamides is 1. The Morgan fingerprint density at radius 1 is 1.03 bits per heavy atom. The zero-order chi connectivity index (χ0) is 21.6. The van der Waals surface area contributed by atoms with Gasteiger partial charge in [-0.2, -0.15) is 0 Å². The number of carbonyl (C=O) groups is 1. The Morgan fingerprint density at radius 2 is 1.69 bits per heavy atom. The molecule has 0 atom stereocenters. The normalized spacial score (nSPS) is 11.9. The van der Waals surface area contributed by atoms with Crippen molar-refractivity contribution in [3.63, 3.8) is 0 Å². The van der Waals surface area contributed by atoms with Gasteiger partial charge in [-0.25, -0.2) is 8.42 Å². The molecule has 0 heterocycles. The fourth-order valence-electron chi connectivity index (χ4n) is 3.07. The molecule has 2 aromatic carbocycles. The smallest absolute Gasteiger partial charge is 0.261 e.